The van der Waals surface area contributed by atoms with Gasteiger partial charge >= 0.3 is 0 Å². The molecule has 1 saturated heterocycles. The molecular weight excluding hydrogens is 482 g/mol. The van der Waals surface area contributed by atoms with Crippen LogP contribution in [-0.2, 0) is 14.8 Å². The van der Waals surface area contributed by atoms with Crippen molar-refractivity contribution in [1.29, 1.82) is 0 Å². The first-order chi connectivity index (χ1) is 16.6. The maximum absolute atomic E-state index is 13.6. The average molecular weight is 512 g/mol. The van der Waals surface area contributed by atoms with Crippen molar-refractivity contribution in [2.75, 3.05) is 41.9 Å². The summed E-state index contributed by atoms with van der Waals surface area (Å²) in [5, 5.41) is 0.680. The van der Waals surface area contributed by atoms with Crippen LogP contribution in [0.3, 0.4) is 0 Å². The monoisotopic (exact) mass is 511 g/mol. The van der Waals surface area contributed by atoms with E-state index in [2.05, 4.69) is 4.90 Å². The van der Waals surface area contributed by atoms with Crippen LogP contribution in [0.1, 0.15) is 16.7 Å². The summed E-state index contributed by atoms with van der Waals surface area (Å²) in [6, 6.07) is 19.7. The van der Waals surface area contributed by atoms with Gasteiger partial charge in [0.05, 0.1) is 10.6 Å². The number of rotatable bonds is 6. The minimum absolute atomic E-state index is 0.165. The number of benzene rings is 3. The van der Waals surface area contributed by atoms with E-state index in [1.54, 1.807) is 47.4 Å². The van der Waals surface area contributed by atoms with E-state index in [1.807, 2.05) is 45.0 Å². The van der Waals surface area contributed by atoms with Gasteiger partial charge in [0.2, 0.25) is 5.91 Å². The molecule has 0 saturated carbocycles. The molecule has 1 aliphatic heterocycles. The van der Waals surface area contributed by atoms with E-state index in [9.17, 15) is 13.2 Å². The lowest BCUT2D eigenvalue weighted by Crippen LogP contribution is -2.52. The van der Waals surface area contributed by atoms with Crippen LogP contribution in [0.25, 0.3) is 0 Å². The third kappa shape index (κ3) is 5.63. The third-order valence-electron chi connectivity index (χ3n) is 6.32. The standard InChI is InChI=1S/C27H30ClN3O3S/c1-20-7-11-25(12-8-20)35(33,34)31(24-6-4-5-21(2)17-24)19-27(32)30-15-13-29(14-16-30)26-18-23(28)10-9-22(26)3/h4-12,17-18H,13-16,19H2,1-3H3. The van der Waals surface area contributed by atoms with Crippen molar-refractivity contribution in [2.24, 2.45) is 0 Å². The number of anilines is 2. The summed E-state index contributed by atoms with van der Waals surface area (Å²) in [5.41, 5.74) is 4.56. The Hall–Kier alpha value is -3.03. The summed E-state index contributed by atoms with van der Waals surface area (Å²) in [7, 11) is -3.92. The number of amides is 1. The second-order valence-corrected chi connectivity index (χ2v) is 11.3. The van der Waals surface area contributed by atoms with Crippen LogP contribution < -0.4 is 9.21 Å². The zero-order valence-corrected chi connectivity index (χ0v) is 21.8. The van der Waals surface area contributed by atoms with Crippen molar-refractivity contribution >= 4 is 38.9 Å². The highest BCUT2D eigenvalue weighted by Crippen LogP contribution is 2.27. The molecule has 0 aliphatic carbocycles. The van der Waals surface area contributed by atoms with Crippen LogP contribution in [0.4, 0.5) is 11.4 Å². The topological polar surface area (TPSA) is 60.9 Å². The lowest BCUT2D eigenvalue weighted by Gasteiger charge is -2.37. The van der Waals surface area contributed by atoms with Gasteiger partial charge < -0.3 is 9.80 Å². The van der Waals surface area contributed by atoms with Gasteiger partial charge in [0.25, 0.3) is 10.0 Å². The van der Waals surface area contributed by atoms with Crippen LogP contribution in [0, 0.1) is 20.8 Å². The molecule has 0 unspecified atom stereocenters. The summed E-state index contributed by atoms with van der Waals surface area (Å²) < 4.78 is 28.5. The van der Waals surface area contributed by atoms with Crippen molar-refractivity contribution in [3.05, 3.63) is 88.4 Å². The molecule has 6 nitrogen and oxygen atoms in total. The van der Waals surface area contributed by atoms with Crippen LogP contribution in [-0.4, -0.2) is 51.9 Å². The van der Waals surface area contributed by atoms with Crippen molar-refractivity contribution in [3.63, 3.8) is 0 Å². The number of piperazine rings is 1. The number of sulfonamides is 1. The van der Waals surface area contributed by atoms with E-state index in [-0.39, 0.29) is 17.3 Å². The Bertz CT molecular complexity index is 1320. The van der Waals surface area contributed by atoms with Gasteiger partial charge in [-0.2, -0.15) is 0 Å². The average Bonchev–Trinajstić information content (AvgIpc) is 2.84. The zero-order valence-electron chi connectivity index (χ0n) is 20.2. The molecular formula is C27H30ClN3O3S. The second kappa shape index (κ2) is 10.3. The van der Waals surface area contributed by atoms with Crippen LogP contribution >= 0.6 is 11.6 Å². The molecule has 1 amide bonds. The molecule has 0 aromatic heterocycles. The summed E-state index contributed by atoms with van der Waals surface area (Å²) >= 11 is 6.19. The Labute approximate surface area is 212 Å². The number of halogens is 1. The Balaban J connectivity index is 1.54. The summed E-state index contributed by atoms with van der Waals surface area (Å²) in [6.45, 7) is 7.93. The van der Waals surface area contributed by atoms with Gasteiger partial charge in [-0.3, -0.25) is 9.10 Å². The molecule has 0 N–H and O–H groups in total. The van der Waals surface area contributed by atoms with Crippen molar-refractivity contribution < 1.29 is 13.2 Å². The Morgan fingerprint density at radius 1 is 0.886 bits per heavy atom. The number of aryl methyl sites for hydroxylation is 3. The molecule has 4 rings (SSSR count). The van der Waals surface area contributed by atoms with Gasteiger partial charge in [-0.15, -0.1) is 0 Å². The molecule has 35 heavy (non-hydrogen) atoms. The molecule has 1 fully saturated rings. The van der Waals surface area contributed by atoms with Gasteiger partial charge in [-0.25, -0.2) is 8.42 Å². The number of carbonyl (C=O) groups excluding carboxylic acids is 1. The quantitative estimate of drug-likeness (QED) is 0.476. The fourth-order valence-corrected chi connectivity index (χ4v) is 5.85. The molecule has 3 aromatic carbocycles. The van der Waals surface area contributed by atoms with Gasteiger partial charge in [0, 0.05) is 36.9 Å². The van der Waals surface area contributed by atoms with Crippen LogP contribution in [0.15, 0.2) is 71.6 Å². The summed E-state index contributed by atoms with van der Waals surface area (Å²) in [5.74, 6) is -0.218. The highest BCUT2D eigenvalue weighted by Gasteiger charge is 2.30. The molecule has 3 aromatic rings. The van der Waals surface area contributed by atoms with E-state index in [0.717, 1.165) is 22.4 Å². The van der Waals surface area contributed by atoms with Gasteiger partial charge in [-0.1, -0.05) is 47.5 Å². The highest BCUT2D eigenvalue weighted by atomic mass is 35.5. The largest absolute Gasteiger partial charge is 0.368 e. The van der Waals surface area contributed by atoms with Crippen molar-refractivity contribution in [3.8, 4) is 0 Å². The molecule has 184 valence electrons. The molecule has 0 radical (unpaired) electrons. The highest BCUT2D eigenvalue weighted by molar-refractivity contribution is 7.92. The van der Waals surface area contributed by atoms with E-state index in [1.165, 1.54) is 4.31 Å². The third-order valence-corrected chi connectivity index (χ3v) is 8.34. The van der Waals surface area contributed by atoms with Gasteiger partial charge in [-0.05, 0) is 68.3 Å². The maximum Gasteiger partial charge on any atom is 0.264 e. The van der Waals surface area contributed by atoms with E-state index >= 15 is 0 Å². The molecule has 0 spiro atoms. The minimum Gasteiger partial charge on any atom is -0.368 e. The van der Waals surface area contributed by atoms with E-state index in [4.69, 9.17) is 11.6 Å². The number of carbonyl (C=O) groups is 1. The predicted octanol–water partition coefficient (Wildman–Crippen LogP) is 4.81. The maximum atomic E-state index is 13.6. The van der Waals surface area contributed by atoms with Crippen LogP contribution in [0.2, 0.25) is 5.02 Å². The first kappa shape index (κ1) is 25.1. The fraction of sp³-hybridized carbons (Fsp3) is 0.296. The molecule has 0 bridgehead atoms. The number of hydrogen-bond acceptors (Lipinski definition) is 4. The van der Waals surface area contributed by atoms with Crippen molar-refractivity contribution in [1.82, 2.24) is 4.90 Å². The number of hydrogen-bond donors (Lipinski definition) is 0. The smallest absolute Gasteiger partial charge is 0.264 e. The second-order valence-electron chi connectivity index (χ2n) is 8.96. The van der Waals surface area contributed by atoms with Crippen LogP contribution in [0.5, 0.6) is 0 Å². The summed E-state index contributed by atoms with van der Waals surface area (Å²) in [4.78, 5) is 17.5. The molecule has 1 heterocycles. The lowest BCUT2D eigenvalue weighted by molar-refractivity contribution is -0.129. The fourth-order valence-electron chi connectivity index (χ4n) is 4.28. The SMILES string of the molecule is Cc1ccc(S(=O)(=O)N(CC(=O)N2CCN(c3cc(Cl)ccc3C)CC2)c2cccc(C)c2)cc1. The first-order valence-corrected chi connectivity index (χ1v) is 13.4. The molecule has 0 atom stereocenters. The van der Waals surface area contributed by atoms with Gasteiger partial charge in [0.1, 0.15) is 6.54 Å². The Morgan fingerprint density at radius 3 is 2.23 bits per heavy atom. The predicted molar refractivity (Wildman–Crippen MR) is 142 cm³/mol. The first-order valence-electron chi connectivity index (χ1n) is 11.6. The molecule has 8 heteroatoms. The Morgan fingerprint density at radius 2 is 1.57 bits per heavy atom. The Kier molecular flexibility index (Phi) is 7.38. The number of nitrogens with zero attached hydrogens (tertiary/aromatic N) is 3. The molecule has 1 aliphatic rings. The zero-order chi connectivity index (χ0) is 25.2. The van der Waals surface area contributed by atoms with Crippen molar-refractivity contribution in [2.45, 2.75) is 25.7 Å². The van der Waals surface area contributed by atoms with E-state index in [0.29, 0.717) is 36.9 Å². The summed E-state index contributed by atoms with van der Waals surface area (Å²) in [6.07, 6.45) is 0. The van der Waals surface area contributed by atoms with Gasteiger partial charge in [0.15, 0.2) is 0 Å². The van der Waals surface area contributed by atoms with E-state index < -0.39 is 10.0 Å². The normalized spacial score (nSPS) is 14.2. The minimum atomic E-state index is -3.92. The lowest BCUT2D eigenvalue weighted by atomic mass is 10.1.